The lowest BCUT2D eigenvalue weighted by atomic mass is 10.1. The first-order valence-electron chi connectivity index (χ1n) is 7.25. The van der Waals surface area contributed by atoms with Crippen LogP contribution in [0.15, 0.2) is 60.8 Å². The fraction of sp³-hybridized carbons (Fsp3) is 0.118. The van der Waals surface area contributed by atoms with Crippen LogP contribution in [0.5, 0.6) is 0 Å². The molecule has 0 radical (unpaired) electrons. The molecule has 116 valence electrons. The van der Waals surface area contributed by atoms with E-state index in [9.17, 15) is 4.39 Å². The van der Waals surface area contributed by atoms with Crippen molar-refractivity contribution in [1.29, 1.82) is 0 Å². The van der Waals surface area contributed by atoms with E-state index in [-0.39, 0.29) is 17.8 Å². The van der Waals surface area contributed by atoms with Crippen LogP contribution in [0, 0.1) is 5.82 Å². The van der Waals surface area contributed by atoms with Crippen molar-refractivity contribution in [1.82, 2.24) is 15.2 Å². The molecule has 23 heavy (non-hydrogen) atoms. The van der Waals surface area contributed by atoms with E-state index in [1.165, 1.54) is 12.3 Å². The van der Waals surface area contributed by atoms with Gasteiger partial charge in [-0.3, -0.25) is 0 Å². The van der Waals surface area contributed by atoms with Gasteiger partial charge in [0.05, 0.1) is 11.9 Å². The molecule has 0 spiro atoms. The lowest BCUT2D eigenvalue weighted by molar-refractivity contribution is 0.631. The maximum absolute atomic E-state index is 13.7. The van der Waals surface area contributed by atoms with Gasteiger partial charge in [0.15, 0.2) is 5.82 Å². The summed E-state index contributed by atoms with van der Waals surface area (Å²) in [7, 11) is 0. The van der Waals surface area contributed by atoms with E-state index in [0.29, 0.717) is 11.5 Å². The van der Waals surface area contributed by atoms with Gasteiger partial charge in [0, 0.05) is 6.04 Å². The second-order valence-corrected chi connectivity index (χ2v) is 5.05. The van der Waals surface area contributed by atoms with Crippen molar-refractivity contribution in [2.45, 2.75) is 13.0 Å². The van der Waals surface area contributed by atoms with Crippen molar-refractivity contribution in [3.8, 4) is 0 Å². The van der Waals surface area contributed by atoms with Gasteiger partial charge in [-0.05, 0) is 24.6 Å². The van der Waals surface area contributed by atoms with Gasteiger partial charge in [0.25, 0.3) is 0 Å². The fourth-order valence-electron chi connectivity index (χ4n) is 2.16. The molecule has 0 fully saturated rings. The summed E-state index contributed by atoms with van der Waals surface area (Å²) >= 11 is 0. The highest BCUT2D eigenvalue weighted by atomic mass is 19.1. The molecule has 3 aromatic rings. The van der Waals surface area contributed by atoms with Gasteiger partial charge >= 0.3 is 0 Å². The van der Waals surface area contributed by atoms with Gasteiger partial charge in [0.2, 0.25) is 5.95 Å². The Hall–Kier alpha value is -3.02. The summed E-state index contributed by atoms with van der Waals surface area (Å²) in [4.78, 5) is 4.31. The van der Waals surface area contributed by atoms with Crippen molar-refractivity contribution in [2.75, 3.05) is 10.6 Å². The number of hydrogen-bond donors (Lipinski definition) is 2. The van der Waals surface area contributed by atoms with Crippen molar-refractivity contribution in [3.63, 3.8) is 0 Å². The zero-order valence-corrected chi connectivity index (χ0v) is 12.6. The van der Waals surface area contributed by atoms with Crippen molar-refractivity contribution in [3.05, 3.63) is 72.2 Å². The standard InChI is InChI=1S/C17H16FN5/c1-12(13-7-3-2-4-8-13)20-16-11-19-23-17(22-16)21-15-10-6-5-9-14(15)18/h2-12H,1H3,(H2,20,21,22,23). The number of nitrogens with one attached hydrogen (secondary N) is 2. The lowest BCUT2D eigenvalue weighted by Crippen LogP contribution is -2.10. The minimum Gasteiger partial charge on any atom is -0.362 e. The molecule has 1 atom stereocenters. The summed E-state index contributed by atoms with van der Waals surface area (Å²) in [6.07, 6.45) is 1.53. The number of benzene rings is 2. The molecule has 0 amide bonds. The molecular weight excluding hydrogens is 293 g/mol. The maximum atomic E-state index is 13.7. The largest absolute Gasteiger partial charge is 0.362 e. The molecular formula is C17H16FN5. The van der Waals surface area contributed by atoms with Gasteiger partial charge in [-0.1, -0.05) is 42.5 Å². The average Bonchev–Trinajstić information content (AvgIpc) is 2.58. The highest BCUT2D eigenvalue weighted by molar-refractivity contribution is 5.54. The summed E-state index contributed by atoms with van der Waals surface area (Å²) in [5.41, 5.74) is 1.44. The highest BCUT2D eigenvalue weighted by Gasteiger charge is 2.08. The molecule has 3 rings (SSSR count). The Morgan fingerprint density at radius 1 is 1.00 bits per heavy atom. The van der Waals surface area contributed by atoms with Crippen LogP contribution in [-0.2, 0) is 0 Å². The lowest BCUT2D eigenvalue weighted by Gasteiger charge is -2.15. The van der Waals surface area contributed by atoms with Crippen LogP contribution in [0.1, 0.15) is 18.5 Å². The summed E-state index contributed by atoms with van der Waals surface area (Å²) in [6.45, 7) is 2.03. The fourth-order valence-corrected chi connectivity index (χ4v) is 2.16. The summed E-state index contributed by atoms with van der Waals surface area (Å²) < 4.78 is 13.7. The topological polar surface area (TPSA) is 62.7 Å². The zero-order valence-electron chi connectivity index (χ0n) is 12.6. The van der Waals surface area contributed by atoms with Crippen molar-refractivity contribution < 1.29 is 4.39 Å². The van der Waals surface area contributed by atoms with Crippen LogP contribution in [-0.4, -0.2) is 15.2 Å². The van der Waals surface area contributed by atoms with Gasteiger partial charge < -0.3 is 10.6 Å². The third kappa shape index (κ3) is 3.79. The monoisotopic (exact) mass is 309 g/mol. The van der Waals surface area contributed by atoms with Crippen LogP contribution < -0.4 is 10.6 Å². The SMILES string of the molecule is CC(Nc1cnnc(Nc2ccccc2F)n1)c1ccccc1. The molecule has 2 N–H and O–H groups in total. The molecule has 0 saturated carbocycles. The zero-order chi connectivity index (χ0) is 16.1. The molecule has 2 aromatic carbocycles. The molecule has 1 unspecified atom stereocenters. The molecule has 0 saturated heterocycles. The smallest absolute Gasteiger partial charge is 0.249 e. The third-order valence-corrected chi connectivity index (χ3v) is 3.34. The predicted octanol–water partition coefficient (Wildman–Crippen LogP) is 3.93. The molecule has 1 aromatic heterocycles. The predicted molar refractivity (Wildman–Crippen MR) is 88.0 cm³/mol. The first-order valence-corrected chi connectivity index (χ1v) is 7.25. The Morgan fingerprint density at radius 2 is 1.74 bits per heavy atom. The molecule has 0 aliphatic carbocycles. The number of rotatable bonds is 5. The van der Waals surface area contributed by atoms with Gasteiger partial charge in [-0.25, -0.2) is 4.39 Å². The first-order chi connectivity index (χ1) is 11.2. The van der Waals surface area contributed by atoms with Gasteiger partial charge in [0.1, 0.15) is 5.82 Å². The normalized spacial score (nSPS) is 11.7. The Labute approximate surface area is 133 Å². The number of aromatic nitrogens is 3. The summed E-state index contributed by atoms with van der Waals surface area (Å²) in [5, 5.41) is 13.9. The number of nitrogens with zero attached hydrogens (tertiary/aromatic N) is 3. The molecule has 0 aliphatic heterocycles. The number of halogens is 1. The molecule has 0 bridgehead atoms. The summed E-state index contributed by atoms with van der Waals surface area (Å²) in [5.74, 6) is 0.433. The van der Waals surface area contributed by atoms with E-state index < -0.39 is 0 Å². The van der Waals surface area contributed by atoms with Crippen LogP contribution in [0.2, 0.25) is 0 Å². The minimum atomic E-state index is -0.368. The molecule has 5 nitrogen and oxygen atoms in total. The van der Waals surface area contributed by atoms with Crippen LogP contribution in [0.4, 0.5) is 21.8 Å². The van der Waals surface area contributed by atoms with Gasteiger partial charge in [-0.2, -0.15) is 10.1 Å². The Bertz CT molecular complexity index is 779. The van der Waals surface area contributed by atoms with Crippen LogP contribution in [0.25, 0.3) is 0 Å². The van der Waals surface area contributed by atoms with E-state index in [1.54, 1.807) is 18.2 Å². The van der Waals surface area contributed by atoms with E-state index in [4.69, 9.17) is 0 Å². The van der Waals surface area contributed by atoms with E-state index in [1.807, 2.05) is 37.3 Å². The second-order valence-electron chi connectivity index (χ2n) is 5.05. The average molecular weight is 309 g/mol. The third-order valence-electron chi connectivity index (χ3n) is 3.34. The minimum absolute atomic E-state index is 0.0641. The van der Waals surface area contributed by atoms with Crippen LogP contribution in [0.3, 0.4) is 0 Å². The van der Waals surface area contributed by atoms with Crippen molar-refractivity contribution >= 4 is 17.5 Å². The van der Waals surface area contributed by atoms with Crippen LogP contribution >= 0.6 is 0 Å². The Morgan fingerprint density at radius 3 is 2.52 bits per heavy atom. The highest BCUT2D eigenvalue weighted by Crippen LogP contribution is 2.19. The molecule has 1 heterocycles. The van der Waals surface area contributed by atoms with E-state index >= 15 is 0 Å². The Balaban J connectivity index is 1.74. The van der Waals surface area contributed by atoms with E-state index in [0.717, 1.165) is 5.56 Å². The first kappa shape index (κ1) is 14.9. The second kappa shape index (κ2) is 6.83. The molecule has 6 heteroatoms. The summed E-state index contributed by atoms with van der Waals surface area (Å²) in [6, 6.07) is 16.4. The molecule has 0 aliphatic rings. The Kier molecular flexibility index (Phi) is 4.42. The number of hydrogen-bond acceptors (Lipinski definition) is 5. The van der Waals surface area contributed by atoms with Crippen molar-refractivity contribution in [2.24, 2.45) is 0 Å². The number of para-hydroxylation sites is 1. The van der Waals surface area contributed by atoms with E-state index in [2.05, 4.69) is 25.8 Å². The quantitative estimate of drug-likeness (QED) is 0.748. The maximum Gasteiger partial charge on any atom is 0.249 e. The number of anilines is 3. The van der Waals surface area contributed by atoms with Gasteiger partial charge in [-0.15, -0.1) is 5.10 Å².